The fourth-order valence-electron chi connectivity index (χ4n) is 3.87. The van der Waals surface area contributed by atoms with Crippen LogP contribution < -0.4 is 15.5 Å². The number of piperazine rings is 1. The lowest BCUT2D eigenvalue weighted by atomic mass is 10.0. The van der Waals surface area contributed by atoms with Crippen LogP contribution in [0.2, 0.25) is 0 Å². The quantitative estimate of drug-likeness (QED) is 0.210. The van der Waals surface area contributed by atoms with Crippen molar-refractivity contribution in [1.82, 2.24) is 20.0 Å². The Balaban J connectivity index is 2.27. The Morgan fingerprint density at radius 3 is 2.46 bits per heavy atom. The third-order valence-corrected chi connectivity index (χ3v) is 7.53. The molecular formula is C22H34N4O8S. The first-order valence-corrected chi connectivity index (χ1v) is 12.8. The van der Waals surface area contributed by atoms with E-state index in [4.69, 9.17) is 9.47 Å². The minimum Gasteiger partial charge on any atom is -0.497 e. The van der Waals surface area contributed by atoms with Crippen molar-refractivity contribution in [3.8, 4) is 5.75 Å². The Hall–Kier alpha value is -2.74. The number of sulfonamides is 1. The third kappa shape index (κ3) is 7.13. The van der Waals surface area contributed by atoms with Crippen molar-refractivity contribution < 1.29 is 37.5 Å². The molecule has 0 bridgehead atoms. The van der Waals surface area contributed by atoms with Crippen LogP contribution in [0.15, 0.2) is 29.2 Å². The number of hydrogen-bond donors (Lipinski definition) is 3. The van der Waals surface area contributed by atoms with Gasteiger partial charge in [-0.25, -0.2) is 13.9 Å². The molecule has 0 aliphatic carbocycles. The van der Waals surface area contributed by atoms with Crippen molar-refractivity contribution in [2.45, 2.75) is 44.2 Å². The number of nitrogens with one attached hydrogen (secondary N) is 2. The molecular weight excluding hydrogens is 480 g/mol. The number of rotatable bonds is 11. The van der Waals surface area contributed by atoms with Gasteiger partial charge >= 0.3 is 5.97 Å². The van der Waals surface area contributed by atoms with Gasteiger partial charge in [-0.1, -0.05) is 13.8 Å². The van der Waals surface area contributed by atoms with Crippen LogP contribution in [0.3, 0.4) is 0 Å². The van der Waals surface area contributed by atoms with E-state index in [9.17, 15) is 28.0 Å². The van der Waals surface area contributed by atoms with Crippen LogP contribution in [0.1, 0.15) is 27.2 Å². The zero-order valence-corrected chi connectivity index (χ0v) is 21.2. The van der Waals surface area contributed by atoms with Gasteiger partial charge < -0.3 is 19.7 Å². The summed E-state index contributed by atoms with van der Waals surface area (Å²) < 4.78 is 38.1. The Labute approximate surface area is 205 Å². The molecule has 2 amide bonds. The van der Waals surface area contributed by atoms with Gasteiger partial charge in [-0.2, -0.15) is 4.31 Å². The molecule has 12 nitrogen and oxygen atoms in total. The minimum absolute atomic E-state index is 0.0909. The molecule has 1 heterocycles. The predicted octanol–water partition coefficient (Wildman–Crippen LogP) is -0.0305. The summed E-state index contributed by atoms with van der Waals surface area (Å²) >= 11 is 0. The van der Waals surface area contributed by atoms with Gasteiger partial charge in [0.15, 0.2) is 0 Å². The second-order valence-corrected chi connectivity index (χ2v) is 10.2. The average Bonchev–Trinajstić information content (AvgIpc) is 2.85. The van der Waals surface area contributed by atoms with Crippen molar-refractivity contribution in [3.05, 3.63) is 24.3 Å². The van der Waals surface area contributed by atoms with Gasteiger partial charge in [-0.05, 0) is 37.1 Å². The number of ether oxygens (including phenoxy) is 2. The lowest BCUT2D eigenvalue weighted by Crippen LogP contribution is -2.57. The topological polar surface area (TPSA) is 155 Å². The molecule has 35 heavy (non-hydrogen) atoms. The maximum absolute atomic E-state index is 13.5. The Morgan fingerprint density at radius 1 is 1.26 bits per heavy atom. The fourth-order valence-corrected chi connectivity index (χ4v) is 5.59. The van der Waals surface area contributed by atoms with E-state index >= 15 is 0 Å². The number of benzene rings is 1. The summed E-state index contributed by atoms with van der Waals surface area (Å²) in [6.07, 6.45) is -0.229. The van der Waals surface area contributed by atoms with Gasteiger partial charge in [-0.15, -0.1) is 0 Å². The smallest absolute Gasteiger partial charge is 0.324 e. The lowest BCUT2D eigenvalue weighted by molar-refractivity contribution is -0.148. The predicted molar refractivity (Wildman–Crippen MR) is 125 cm³/mol. The van der Waals surface area contributed by atoms with E-state index in [-0.39, 0.29) is 36.9 Å². The maximum atomic E-state index is 13.5. The molecule has 1 aliphatic rings. The van der Waals surface area contributed by atoms with Crippen molar-refractivity contribution >= 4 is 27.8 Å². The van der Waals surface area contributed by atoms with Gasteiger partial charge in [0.05, 0.1) is 18.6 Å². The molecule has 0 aromatic heterocycles. The molecule has 3 N–H and O–H groups in total. The van der Waals surface area contributed by atoms with Crippen molar-refractivity contribution in [2.24, 2.45) is 5.92 Å². The highest BCUT2D eigenvalue weighted by Gasteiger charge is 2.38. The van der Waals surface area contributed by atoms with Crippen LogP contribution in [0.4, 0.5) is 0 Å². The highest BCUT2D eigenvalue weighted by atomic mass is 32.2. The number of carbonyl (C=O) groups is 3. The molecule has 2 unspecified atom stereocenters. The molecule has 13 heteroatoms. The second-order valence-electron chi connectivity index (χ2n) is 8.30. The molecule has 0 saturated carbocycles. The lowest BCUT2D eigenvalue weighted by Gasteiger charge is -2.34. The molecule has 2 rings (SSSR count). The van der Waals surface area contributed by atoms with E-state index in [0.717, 1.165) is 4.31 Å². The highest BCUT2D eigenvalue weighted by molar-refractivity contribution is 7.89. The van der Waals surface area contributed by atoms with Gasteiger partial charge in [-0.3, -0.25) is 19.6 Å². The van der Waals surface area contributed by atoms with E-state index < -0.39 is 39.9 Å². The molecule has 0 radical (unpaired) electrons. The maximum Gasteiger partial charge on any atom is 0.324 e. The van der Waals surface area contributed by atoms with Gasteiger partial charge in [0.25, 0.3) is 5.91 Å². The van der Waals surface area contributed by atoms with Crippen LogP contribution in [0, 0.1) is 5.92 Å². The number of hydrogen-bond acceptors (Lipinski definition) is 9. The summed E-state index contributed by atoms with van der Waals surface area (Å²) in [5, 5.41) is 12.2. The number of esters is 1. The molecule has 1 fully saturated rings. The number of methoxy groups -OCH3 is 1. The summed E-state index contributed by atoms with van der Waals surface area (Å²) in [7, 11) is -2.79. The normalized spacial score (nSPS) is 17.2. The standard InChI is InChI=1S/C22H34N4O8S/c1-5-34-22(29)18-14-25(13-11-23-18)19(27)10-12-26(20(15(2)3)21(28)24-30)35(31,32)17-8-6-16(33-4)7-9-17/h6-9,15,18,20,23,30H,5,10-14H2,1-4H3,(H,24,28). The van der Waals surface area contributed by atoms with E-state index in [2.05, 4.69) is 5.32 Å². The van der Waals surface area contributed by atoms with Gasteiger partial charge in [0.1, 0.15) is 17.8 Å². The number of carbonyl (C=O) groups excluding carboxylic acids is 3. The highest BCUT2D eigenvalue weighted by Crippen LogP contribution is 2.25. The number of nitrogens with zero attached hydrogens (tertiary/aromatic N) is 2. The second kappa shape index (κ2) is 12.8. The van der Waals surface area contributed by atoms with Crippen LogP contribution in [-0.2, 0) is 29.1 Å². The van der Waals surface area contributed by atoms with Crippen LogP contribution in [-0.4, -0.2) is 92.6 Å². The summed E-state index contributed by atoms with van der Waals surface area (Å²) in [4.78, 5) is 38.8. The monoisotopic (exact) mass is 514 g/mol. The third-order valence-electron chi connectivity index (χ3n) is 5.63. The fraction of sp³-hybridized carbons (Fsp3) is 0.591. The molecule has 2 atom stereocenters. The zero-order chi connectivity index (χ0) is 26.2. The van der Waals surface area contributed by atoms with Gasteiger partial charge in [0, 0.05) is 32.6 Å². The Morgan fingerprint density at radius 2 is 1.91 bits per heavy atom. The molecule has 1 aliphatic heterocycles. The van der Waals surface area contributed by atoms with E-state index in [1.54, 1.807) is 20.8 Å². The zero-order valence-electron chi connectivity index (χ0n) is 20.4. The summed E-state index contributed by atoms with van der Waals surface area (Å²) in [6.45, 7) is 5.68. The number of amides is 2. The van der Waals surface area contributed by atoms with E-state index in [1.807, 2.05) is 0 Å². The number of hydroxylamine groups is 1. The molecule has 1 aromatic rings. The largest absolute Gasteiger partial charge is 0.497 e. The Bertz CT molecular complexity index is 984. The van der Waals surface area contributed by atoms with Crippen molar-refractivity contribution in [1.29, 1.82) is 0 Å². The summed E-state index contributed by atoms with van der Waals surface area (Å²) in [6, 6.07) is 3.70. The molecule has 1 saturated heterocycles. The van der Waals surface area contributed by atoms with Crippen molar-refractivity contribution in [3.63, 3.8) is 0 Å². The van der Waals surface area contributed by atoms with Crippen LogP contribution >= 0.6 is 0 Å². The minimum atomic E-state index is -4.23. The Kier molecular flexibility index (Phi) is 10.4. The first-order chi connectivity index (χ1) is 16.6. The molecule has 196 valence electrons. The molecule has 1 aromatic carbocycles. The summed E-state index contributed by atoms with van der Waals surface area (Å²) in [5.74, 6) is -1.81. The van der Waals surface area contributed by atoms with Crippen LogP contribution in [0.5, 0.6) is 5.75 Å². The SMILES string of the molecule is CCOC(=O)C1CN(C(=O)CCN(C(C(=O)NO)C(C)C)S(=O)(=O)c2ccc(OC)cc2)CCN1. The van der Waals surface area contributed by atoms with Gasteiger partial charge in [0.2, 0.25) is 15.9 Å². The average molecular weight is 515 g/mol. The first-order valence-electron chi connectivity index (χ1n) is 11.3. The van der Waals surface area contributed by atoms with E-state index in [1.165, 1.54) is 41.8 Å². The first kappa shape index (κ1) is 28.5. The summed E-state index contributed by atoms with van der Waals surface area (Å²) in [5.41, 5.74) is 1.53. The van der Waals surface area contributed by atoms with E-state index in [0.29, 0.717) is 18.8 Å². The van der Waals surface area contributed by atoms with Crippen LogP contribution in [0.25, 0.3) is 0 Å². The molecule has 0 spiro atoms. The van der Waals surface area contributed by atoms with Crippen molar-refractivity contribution in [2.75, 3.05) is 39.9 Å².